The fraction of sp³-hybridized carbons (Fsp3) is 0.893. The topological polar surface area (TPSA) is 371 Å². The Kier molecular flexibility index (Phi) is 15.5. The van der Waals surface area contributed by atoms with Gasteiger partial charge in [-0.3, -0.25) is 5.21 Å². The van der Waals surface area contributed by atoms with E-state index in [4.69, 9.17) is 62.2 Å². The quantitative estimate of drug-likeness (QED) is 0.0322. The number of nitrogens with two attached hydrogens (primary N) is 5. The zero-order valence-electron chi connectivity index (χ0n) is 27.4. The largest absolute Gasteiger partial charge is 0.395 e. The number of hydroxylamine groups is 2. The molecule has 0 bridgehead atoms. The van der Waals surface area contributed by atoms with Gasteiger partial charge in [0.2, 0.25) is 0 Å². The van der Waals surface area contributed by atoms with Crippen LogP contribution in [0.1, 0.15) is 6.42 Å². The van der Waals surface area contributed by atoms with Crippen LogP contribution in [0.5, 0.6) is 0 Å². The second-order valence-corrected chi connectivity index (χ2v) is 12.6. The molecule has 2 amide bonds. The van der Waals surface area contributed by atoms with E-state index in [1.165, 1.54) is 0 Å². The van der Waals surface area contributed by atoms with Crippen molar-refractivity contribution < 1.29 is 69.1 Å². The van der Waals surface area contributed by atoms with Crippen molar-refractivity contribution in [1.82, 2.24) is 15.7 Å². The van der Waals surface area contributed by atoms with Crippen LogP contribution in [-0.2, 0) is 28.4 Å². The van der Waals surface area contributed by atoms with Gasteiger partial charge in [-0.25, -0.2) is 9.86 Å². The molecule has 0 spiro atoms. The molecule has 0 aromatic carbocycles. The summed E-state index contributed by atoms with van der Waals surface area (Å²) in [5.74, 6) is 0. The van der Waals surface area contributed by atoms with Gasteiger partial charge in [-0.05, 0) is 6.42 Å². The van der Waals surface area contributed by atoms with E-state index in [0.29, 0.717) is 18.2 Å². The van der Waals surface area contributed by atoms with Gasteiger partial charge in [0.15, 0.2) is 18.9 Å². The maximum absolute atomic E-state index is 12.6. The summed E-state index contributed by atoms with van der Waals surface area (Å²) in [5.41, 5.74) is 29.9. The fourth-order valence-electron chi connectivity index (χ4n) is 6.25. The van der Waals surface area contributed by atoms with E-state index >= 15 is 0 Å². The summed E-state index contributed by atoms with van der Waals surface area (Å²) < 4.78 is 35.6. The Labute approximate surface area is 288 Å². The third-order valence-corrected chi connectivity index (χ3v) is 9.04. The summed E-state index contributed by atoms with van der Waals surface area (Å²) in [4.78, 5) is 12.6. The van der Waals surface area contributed by atoms with Crippen molar-refractivity contribution in [3.05, 3.63) is 12.2 Å². The van der Waals surface area contributed by atoms with E-state index in [2.05, 4.69) is 10.6 Å². The van der Waals surface area contributed by atoms with Gasteiger partial charge in [0.25, 0.3) is 0 Å². The molecule has 19 N–H and O–H groups in total. The Morgan fingerprint density at radius 3 is 2.18 bits per heavy atom. The molecule has 0 aromatic heterocycles. The number of urea groups is 1. The number of carbonyl (C=O) groups excluding carboxylic acids is 1. The first-order valence-electron chi connectivity index (χ1n) is 16.5. The van der Waals surface area contributed by atoms with Crippen LogP contribution >= 0.6 is 0 Å². The van der Waals surface area contributed by atoms with Crippen LogP contribution in [0.15, 0.2) is 12.2 Å². The predicted molar refractivity (Wildman–Crippen MR) is 168 cm³/mol. The van der Waals surface area contributed by atoms with E-state index in [-0.39, 0.29) is 32.7 Å². The van der Waals surface area contributed by atoms with Gasteiger partial charge in [0.1, 0.15) is 54.9 Å². The summed E-state index contributed by atoms with van der Waals surface area (Å²) >= 11 is 0. The lowest BCUT2D eigenvalue weighted by Gasteiger charge is -2.46. The molecule has 290 valence electrons. The SMILES string of the molecule is NCCN(O)C(=O)N[C@@H]1C[C@H](N)[C@@H](O[C@H]2O[C@H](CNCCO)C=C[C@H]2N)[C@H](O[C@@H]2O[C@H](CO)[C@@H](O[C@H]3O[C@@H](CN)[C@@H](O)[C@H](O)[C@H]3N)[C@H]2O)[C@H]1O. The molecule has 1 aliphatic carbocycles. The number of hydrogen-bond donors (Lipinski definition) is 14. The van der Waals surface area contributed by atoms with Crippen molar-refractivity contribution in [2.45, 2.75) is 110 Å². The summed E-state index contributed by atoms with van der Waals surface area (Å²) in [5, 5.41) is 78.6. The number of aliphatic hydroxyl groups is 6. The van der Waals surface area contributed by atoms with E-state index < -0.39 is 117 Å². The molecule has 0 unspecified atom stereocenters. The van der Waals surface area contributed by atoms with Crippen molar-refractivity contribution in [3.8, 4) is 0 Å². The van der Waals surface area contributed by atoms with Gasteiger partial charge >= 0.3 is 6.03 Å². The Morgan fingerprint density at radius 1 is 0.840 bits per heavy atom. The molecule has 3 aliphatic heterocycles. The van der Waals surface area contributed by atoms with Crippen LogP contribution in [0.2, 0.25) is 0 Å². The van der Waals surface area contributed by atoms with E-state index in [1.54, 1.807) is 12.2 Å². The molecule has 3 fully saturated rings. The third kappa shape index (κ3) is 9.61. The summed E-state index contributed by atoms with van der Waals surface area (Å²) in [6, 6.07) is -5.09. The Morgan fingerprint density at radius 2 is 1.52 bits per heavy atom. The highest BCUT2D eigenvalue weighted by molar-refractivity contribution is 5.73. The first-order chi connectivity index (χ1) is 23.8. The molecule has 0 aromatic rings. The molecule has 22 nitrogen and oxygen atoms in total. The van der Waals surface area contributed by atoms with Crippen molar-refractivity contribution in [3.63, 3.8) is 0 Å². The molecule has 4 rings (SSSR count). The van der Waals surface area contributed by atoms with Gasteiger partial charge in [-0.2, -0.15) is 0 Å². The Hall–Kier alpha value is -1.75. The predicted octanol–water partition coefficient (Wildman–Crippen LogP) is -8.04. The number of nitrogens with one attached hydrogen (secondary N) is 2. The Bertz CT molecular complexity index is 1090. The zero-order valence-corrected chi connectivity index (χ0v) is 27.4. The smallest absolute Gasteiger partial charge is 0.341 e. The average Bonchev–Trinajstić information content (AvgIpc) is 3.39. The number of ether oxygens (including phenoxy) is 6. The van der Waals surface area contributed by atoms with E-state index in [9.17, 15) is 35.5 Å². The van der Waals surface area contributed by atoms with Crippen LogP contribution in [0.4, 0.5) is 4.79 Å². The number of aliphatic hydroxyl groups excluding tert-OH is 6. The van der Waals surface area contributed by atoms with Crippen molar-refractivity contribution in [2.75, 3.05) is 45.9 Å². The maximum Gasteiger partial charge on any atom is 0.341 e. The van der Waals surface area contributed by atoms with Gasteiger partial charge in [0, 0.05) is 32.2 Å². The minimum absolute atomic E-state index is 0.0414. The highest BCUT2D eigenvalue weighted by atomic mass is 16.8. The van der Waals surface area contributed by atoms with Gasteiger partial charge in [-0.1, -0.05) is 12.2 Å². The molecule has 50 heavy (non-hydrogen) atoms. The van der Waals surface area contributed by atoms with Crippen molar-refractivity contribution in [1.29, 1.82) is 0 Å². The van der Waals surface area contributed by atoms with Crippen LogP contribution in [0.25, 0.3) is 0 Å². The van der Waals surface area contributed by atoms with E-state index in [1.807, 2.05) is 0 Å². The molecule has 3 heterocycles. The third-order valence-electron chi connectivity index (χ3n) is 9.04. The number of carbonyl (C=O) groups is 1. The molecule has 1 saturated carbocycles. The zero-order chi connectivity index (χ0) is 36.7. The summed E-state index contributed by atoms with van der Waals surface area (Å²) in [6.45, 7) is -0.556. The molecule has 0 radical (unpaired) electrons. The van der Waals surface area contributed by atoms with Crippen LogP contribution in [0.3, 0.4) is 0 Å². The molecule has 22 heteroatoms. The molecule has 2 saturated heterocycles. The molecule has 4 aliphatic rings. The van der Waals surface area contributed by atoms with E-state index in [0.717, 1.165) is 0 Å². The fourth-order valence-corrected chi connectivity index (χ4v) is 6.25. The maximum atomic E-state index is 12.6. The monoisotopic (exact) mass is 726 g/mol. The minimum Gasteiger partial charge on any atom is -0.395 e. The van der Waals surface area contributed by atoms with Crippen LogP contribution in [0, 0.1) is 0 Å². The normalized spacial score (nSPS) is 43.6. The summed E-state index contributed by atoms with van der Waals surface area (Å²) in [6.07, 6.45) is -13.7. The molecular weight excluding hydrogens is 672 g/mol. The highest BCUT2D eigenvalue weighted by Crippen LogP contribution is 2.34. The first kappa shape index (κ1) is 41.0. The number of nitrogens with zero attached hydrogens (tertiary/aromatic N) is 1. The van der Waals surface area contributed by atoms with Gasteiger partial charge in [-0.15, -0.1) is 0 Å². The van der Waals surface area contributed by atoms with Crippen LogP contribution < -0.4 is 39.3 Å². The lowest BCUT2D eigenvalue weighted by molar-refractivity contribution is -0.284. The standard InChI is InChI=1S/C28H54N8O14/c29-3-5-36(44)28(43)35-14-7-13(32)22(48-25-12(31)2-1-11(45-25)9-34-4-6-37)24(18(14)39)50-27-21(42)23(16(10-38)47-27)49-26-17(33)20(41)19(40)15(8-30)46-26/h1-2,11-27,34,37-42,44H,3-10,29-33H2,(H,35,43)/t11-,12+,13-,14+,15-,16+,17+,18-,19+,20+,21+,22+,23+,24+,25+,26+,27-/m0/s1. The lowest BCUT2D eigenvalue weighted by atomic mass is 9.83. The lowest BCUT2D eigenvalue weighted by Crippen LogP contribution is -2.67. The number of hydrogen-bond acceptors (Lipinski definition) is 20. The summed E-state index contributed by atoms with van der Waals surface area (Å²) in [7, 11) is 0. The second-order valence-electron chi connectivity index (χ2n) is 12.6. The van der Waals surface area contributed by atoms with Gasteiger partial charge < -0.3 is 98.4 Å². The Balaban J connectivity index is 1.54. The molecular formula is C28H54N8O14. The first-order valence-corrected chi connectivity index (χ1v) is 16.5. The molecule has 17 atom stereocenters. The minimum atomic E-state index is -1.67. The highest BCUT2D eigenvalue weighted by Gasteiger charge is 2.54. The number of amides is 2. The number of rotatable bonds is 15. The average molecular weight is 727 g/mol. The van der Waals surface area contributed by atoms with Crippen molar-refractivity contribution >= 4 is 6.03 Å². The van der Waals surface area contributed by atoms with Crippen LogP contribution in [-0.4, -0.2) is 197 Å². The van der Waals surface area contributed by atoms with Crippen molar-refractivity contribution in [2.24, 2.45) is 28.7 Å². The second kappa shape index (κ2) is 18.8. The van der Waals surface area contributed by atoms with Gasteiger partial charge in [0.05, 0.1) is 44.0 Å².